The molecule has 0 spiro atoms. The summed E-state index contributed by atoms with van der Waals surface area (Å²) in [5, 5.41) is 0. The van der Waals surface area contributed by atoms with Gasteiger partial charge in [0.15, 0.2) is 5.82 Å². The highest BCUT2D eigenvalue weighted by Gasteiger charge is 2.34. The van der Waals surface area contributed by atoms with Crippen molar-refractivity contribution in [3.8, 4) is 5.75 Å². The molecule has 2 fully saturated rings. The van der Waals surface area contributed by atoms with E-state index in [4.69, 9.17) is 4.74 Å². The molecule has 1 aromatic carbocycles. The third-order valence-electron chi connectivity index (χ3n) is 4.87. The van der Waals surface area contributed by atoms with E-state index < -0.39 is 5.82 Å². The van der Waals surface area contributed by atoms with Crippen molar-refractivity contribution in [1.82, 2.24) is 14.9 Å². The zero-order valence-electron chi connectivity index (χ0n) is 13.8. The maximum absolute atomic E-state index is 13.0. The van der Waals surface area contributed by atoms with E-state index in [2.05, 4.69) is 19.8 Å². The van der Waals surface area contributed by atoms with Gasteiger partial charge in [-0.2, -0.15) is 0 Å². The molecule has 0 radical (unpaired) electrons. The second-order valence-corrected chi connectivity index (χ2v) is 6.57. The number of aromatic nitrogens is 2. The van der Waals surface area contributed by atoms with Gasteiger partial charge in [-0.3, -0.25) is 4.90 Å². The average molecular weight is 346 g/mol. The number of fused-ring (bicyclic) bond motifs is 1. The van der Waals surface area contributed by atoms with Crippen LogP contribution in [0.1, 0.15) is 12.8 Å². The number of rotatable bonds is 3. The van der Waals surface area contributed by atoms with Gasteiger partial charge >= 0.3 is 0 Å². The summed E-state index contributed by atoms with van der Waals surface area (Å²) in [4.78, 5) is 12.7. The van der Waals surface area contributed by atoms with Gasteiger partial charge < -0.3 is 9.64 Å². The van der Waals surface area contributed by atoms with Crippen LogP contribution in [0.2, 0.25) is 0 Å². The minimum atomic E-state index is -0.416. The lowest BCUT2D eigenvalue weighted by Crippen LogP contribution is -2.58. The van der Waals surface area contributed by atoms with E-state index in [1.54, 1.807) is 12.1 Å². The van der Waals surface area contributed by atoms with Crippen LogP contribution in [0, 0.1) is 11.6 Å². The van der Waals surface area contributed by atoms with Gasteiger partial charge in [0, 0.05) is 32.2 Å². The molecule has 2 unspecified atom stereocenters. The van der Waals surface area contributed by atoms with E-state index in [1.807, 2.05) is 0 Å². The van der Waals surface area contributed by atoms with Crippen molar-refractivity contribution >= 4 is 5.95 Å². The van der Waals surface area contributed by atoms with E-state index in [0.717, 1.165) is 39.0 Å². The SMILES string of the molecule is Fc1ccc(OC2CCC3CN(c4ncc(F)cn4)CCN3C2)cc1. The summed E-state index contributed by atoms with van der Waals surface area (Å²) in [7, 11) is 0. The predicted octanol–water partition coefficient (Wildman–Crippen LogP) is 2.49. The summed E-state index contributed by atoms with van der Waals surface area (Å²) >= 11 is 0. The number of nitrogens with zero attached hydrogens (tertiary/aromatic N) is 4. The number of hydrogen-bond donors (Lipinski definition) is 0. The average Bonchev–Trinajstić information content (AvgIpc) is 2.64. The lowest BCUT2D eigenvalue weighted by Gasteiger charge is -2.46. The molecule has 2 saturated heterocycles. The smallest absolute Gasteiger partial charge is 0.225 e. The van der Waals surface area contributed by atoms with Crippen LogP contribution in [0.4, 0.5) is 14.7 Å². The number of anilines is 1. The van der Waals surface area contributed by atoms with E-state index in [-0.39, 0.29) is 11.9 Å². The number of piperazine rings is 1. The summed E-state index contributed by atoms with van der Waals surface area (Å²) < 4.78 is 32.0. The van der Waals surface area contributed by atoms with E-state index >= 15 is 0 Å². The first-order valence-corrected chi connectivity index (χ1v) is 8.56. The molecule has 0 aliphatic carbocycles. The molecule has 2 aromatic rings. The Balaban J connectivity index is 1.35. The first-order valence-electron chi connectivity index (χ1n) is 8.56. The van der Waals surface area contributed by atoms with Gasteiger partial charge in [0.2, 0.25) is 5.95 Å². The Labute approximate surface area is 145 Å². The maximum Gasteiger partial charge on any atom is 0.225 e. The minimum Gasteiger partial charge on any atom is -0.489 e. The van der Waals surface area contributed by atoms with Crippen LogP contribution in [0.3, 0.4) is 0 Å². The van der Waals surface area contributed by atoms with Crippen molar-refractivity contribution < 1.29 is 13.5 Å². The van der Waals surface area contributed by atoms with Gasteiger partial charge in [-0.05, 0) is 37.1 Å². The predicted molar refractivity (Wildman–Crippen MR) is 89.6 cm³/mol. The molecule has 25 heavy (non-hydrogen) atoms. The Kier molecular flexibility index (Phi) is 4.48. The molecule has 2 atom stereocenters. The van der Waals surface area contributed by atoms with Crippen LogP contribution in [0.15, 0.2) is 36.7 Å². The highest BCUT2D eigenvalue weighted by Crippen LogP contribution is 2.26. The third-order valence-corrected chi connectivity index (χ3v) is 4.87. The summed E-state index contributed by atoms with van der Waals surface area (Å²) in [5.41, 5.74) is 0. The van der Waals surface area contributed by atoms with Gasteiger partial charge in [-0.25, -0.2) is 18.7 Å². The summed E-state index contributed by atoms with van der Waals surface area (Å²) in [5.74, 6) is 0.630. The zero-order chi connectivity index (χ0) is 17.2. The van der Waals surface area contributed by atoms with Gasteiger partial charge in [0.25, 0.3) is 0 Å². The van der Waals surface area contributed by atoms with Crippen LogP contribution in [0.25, 0.3) is 0 Å². The number of hydrogen-bond acceptors (Lipinski definition) is 5. The zero-order valence-corrected chi connectivity index (χ0v) is 13.8. The Hall–Kier alpha value is -2.28. The topological polar surface area (TPSA) is 41.5 Å². The molecule has 0 saturated carbocycles. The maximum atomic E-state index is 13.0. The normalized spacial score (nSPS) is 24.0. The molecule has 0 bridgehead atoms. The summed E-state index contributed by atoms with van der Waals surface area (Å²) in [6, 6.07) is 6.61. The van der Waals surface area contributed by atoms with Crippen LogP contribution in [-0.2, 0) is 0 Å². The highest BCUT2D eigenvalue weighted by molar-refractivity contribution is 5.30. The van der Waals surface area contributed by atoms with Crippen LogP contribution in [-0.4, -0.2) is 53.2 Å². The monoisotopic (exact) mass is 346 g/mol. The van der Waals surface area contributed by atoms with Crippen LogP contribution >= 0.6 is 0 Å². The molecule has 1 aromatic heterocycles. The lowest BCUT2D eigenvalue weighted by atomic mass is 9.97. The molecule has 2 aliphatic rings. The van der Waals surface area contributed by atoms with Crippen LogP contribution in [0.5, 0.6) is 5.75 Å². The van der Waals surface area contributed by atoms with E-state index in [0.29, 0.717) is 17.7 Å². The fourth-order valence-electron chi connectivity index (χ4n) is 3.59. The number of piperidine rings is 1. The molecule has 4 rings (SSSR count). The summed E-state index contributed by atoms with van der Waals surface area (Å²) in [6.07, 6.45) is 4.51. The van der Waals surface area contributed by atoms with E-state index in [1.165, 1.54) is 24.5 Å². The molecule has 7 heteroatoms. The first kappa shape index (κ1) is 16.2. The standard InChI is InChI=1S/C18H20F2N4O/c19-13-1-4-16(5-2-13)25-17-6-3-15-11-24(8-7-23(15)12-17)18-21-9-14(20)10-22-18/h1-2,4-5,9-10,15,17H,3,6-8,11-12H2. The molecule has 3 heterocycles. The number of halogens is 2. The van der Waals surface area contributed by atoms with Crippen molar-refractivity contribution in [3.63, 3.8) is 0 Å². The molecule has 2 aliphatic heterocycles. The second kappa shape index (κ2) is 6.92. The Morgan fingerprint density at radius 1 is 0.920 bits per heavy atom. The van der Waals surface area contributed by atoms with Crippen molar-refractivity contribution in [1.29, 1.82) is 0 Å². The molecular weight excluding hydrogens is 326 g/mol. The van der Waals surface area contributed by atoms with Gasteiger partial charge in [0.05, 0.1) is 12.4 Å². The number of ether oxygens (including phenoxy) is 1. The van der Waals surface area contributed by atoms with Crippen molar-refractivity contribution in [2.45, 2.75) is 25.0 Å². The molecule has 5 nitrogen and oxygen atoms in total. The van der Waals surface area contributed by atoms with Crippen molar-refractivity contribution in [2.24, 2.45) is 0 Å². The van der Waals surface area contributed by atoms with Crippen molar-refractivity contribution in [3.05, 3.63) is 48.3 Å². The lowest BCUT2D eigenvalue weighted by molar-refractivity contribution is 0.0430. The van der Waals surface area contributed by atoms with E-state index in [9.17, 15) is 8.78 Å². The Bertz CT molecular complexity index is 710. The van der Waals surface area contributed by atoms with Gasteiger partial charge in [-0.1, -0.05) is 0 Å². The van der Waals surface area contributed by atoms with Gasteiger partial charge in [-0.15, -0.1) is 0 Å². The largest absolute Gasteiger partial charge is 0.489 e. The highest BCUT2D eigenvalue weighted by atomic mass is 19.1. The fourth-order valence-corrected chi connectivity index (χ4v) is 3.59. The minimum absolute atomic E-state index is 0.121. The molecule has 0 N–H and O–H groups in total. The quantitative estimate of drug-likeness (QED) is 0.854. The number of benzene rings is 1. The third kappa shape index (κ3) is 3.71. The second-order valence-electron chi connectivity index (χ2n) is 6.57. The molecule has 0 amide bonds. The fraction of sp³-hybridized carbons (Fsp3) is 0.444. The molecular formula is C18H20F2N4O. The summed E-state index contributed by atoms with van der Waals surface area (Å²) in [6.45, 7) is 3.41. The van der Waals surface area contributed by atoms with Gasteiger partial charge in [0.1, 0.15) is 17.7 Å². The van der Waals surface area contributed by atoms with Crippen LogP contribution < -0.4 is 9.64 Å². The van der Waals surface area contributed by atoms with Crippen molar-refractivity contribution in [2.75, 3.05) is 31.1 Å². The molecule has 132 valence electrons. The Morgan fingerprint density at radius 2 is 1.68 bits per heavy atom. The first-order chi connectivity index (χ1) is 12.2. The Morgan fingerprint density at radius 3 is 2.44 bits per heavy atom.